The van der Waals surface area contributed by atoms with E-state index in [1.54, 1.807) is 11.3 Å². The second-order valence-electron chi connectivity index (χ2n) is 6.98. The molecule has 0 fully saturated rings. The Bertz CT molecular complexity index is 747. The van der Waals surface area contributed by atoms with Crippen molar-refractivity contribution in [2.75, 3.05) is 18.4 Å². The molecular weight excluding hydrogens is 497 g/mol. The summed E-state index contributed by atoms with van der Waals surface area (Å²) in [7, 11) is 0. The second-order valence-corrected chi connectivity index (χ2v) is 7.76. The lowest BCUT2D eigenvalue weighted by molar-refractivity contribution is 0.250. The molecule has 0 aliphatic carbocycles. The van der Waals surface area contributed by atoms with Crippen molar-refractivity contribution >= 4 is 53.0 Å². The molecule has 1 heterocycles. The van der Waals surface area contributed by atoms with Gasteiger partial charge in [0, 0.05) is 24.8 Å². The third kappa shape index (κ3) is 9.49. The Labute approximate surface area is 195 Å². The summed E-state index contributed by atoms with van der Waals surface area (Å²) >= 11 is 1.72. The van der Waals surface area contributed by atoms with Crippen LogP contribution in [0.5, 0.6) is 0 Å². The first kappa shape index (κ1) is 25.2. The normalized spacial score (nSPS) is 12.1. The van der Waals surface area contributed by atoms with E-state index in [4.69, 9.17) is 0 Å². The fourth-order valence-corrected chi connectivity index (χ4v) is 3.34. The van der Waals surface area contributed by atoms with Crippen LogP contribution in [0.15, 0.2) is 46.1 Å². The molecule has 8 heteroatoms. The van der Waals surface area contributed by atoms with Gasteiger partial charge in [-0.05, 0) is 66.8 Å². The zero-order chi connectivity index (χ0) is 20.4. The van der Waals surface area contributed by atoms with E-state index in [2.05, 4.69) is 56.9 Å². The second kappa shape index (κ2) is 13.4. The molecule has 0 bridgehead atoms. The molecule has 2 rings (SSSR count). The zero-order valence-corrected chi connectivity index (χ0v) is 20.6. The zero-order valence-electron chi connectivity index (χ0n) is 17.5. The van der Waals surface area contributed by atoms with Gasteiger partial charge in [-0.1, -0.05) is 19.1 Å². The van der Waals surface area contributed by atoms with Crippen molar-refractivity contribution in [2.45, 2.75) is 46.2 Å². The van der Waals surface area contributed by atoms with Crippen molar-refractivity contribution in [1.29, 1.82) is 0 Å². The number of aliphatic imine (C=N–C) groups is 1. The predicted octanol–water partition coefficient (Wildman–Crippen LogP) is 4.75. The topological polar surface area (TPSA) is 77.5 Å². The molecule has 0 saturated carbocycles. The average molecular weight is 529 g/mol. The van der Waals surface area contributed by atoms with Gasteiger partial charge in [-0.2, -0.15) is 11.3 Å². The van der Waals surface area contributed by atoms with Crippen LogP contribution in [0.1, 0.15) is 44.7 Å². The summed E-state index contributed by atoms with van der Waals surface area (Å²) in [5, 5.41) is 16.6. The van der Waals surface area contributed by atoms with Crippen molar-refractivity contribution in [3.8, 4) is 0 Å². The van der Waals surface area contributed by atoms with Gasteiger partial charge in [0.05, 0.1) is 6.54 Å². The molecule has 160 valence electrons. The number of benzene rings is 1. The van der Waals surface area contributed by atoms with Gasteiger partial charge in [-0.3, -0.25) is 0 Å². The molecular formula is C21H32IN5OS. The van der Waals surface area contributed by atoms with E-state index in [1.165, 1.54) is 5.56 Å². The number of hydrogen-bond acceptors (Lipinski definition) is 3. The molecule has 0 saturated heterocycles. The molecule has 0 aliphatic rings. The first-order valence-electron chi connectivity index (χ1n) is 9.68. The van der Waals surface area contributed by atoms with E-state index >= 15 is 0 Å². The van der Waals surface area contributed by atoms with Crippen LogP contribution in [0.2, 0.25) is 0 Å². The van der Waals surface area contributed by atoms with E-state index in [0.29, 0.717) is 12.5 Å². The van der Waals surface area contributed by atoms with Crippen LogP contribution in [0, 0.1) is 0 Å². The van der Waals surface area contributed by atoms with E-state index in [0.717, 1.165) is 30.3 Å². The monoisotopic (exact) mass is 529 g/mol. The van der Waals surface area contributed by atoms with Gasteiger partial charge in [0.1, 0.15) is 0 Å². The molecule has 4 N–H and O–H groups in total. The maximum absolute atomic E-state index is 11.7. The highest BCUT2D eigenvalue weighted by atomic mass is 127. The third-order valence-corrected chi connectivity index (χ3v) is 4.78. The van der Waals surface area contributed by atoms with Crippen LogP contribution in [0.3, 0.4) is 0 Å². The van der Waals surface area contributed by atoms with E-state index < -0.39 is 0 Å². The van der Waals surface area contributed by atoms with Crippen LogP contribution in [0.4, 0.5) is 10.5 Å². The van der Waals surface area contributed by atoms with Crippen molar-refractivity contribution in [1.82, 2.24) is 16.0 Å². The van der Waals surface area contributed by atoms with Crippen LogP contribution in [0.25, 0.3) is 0 Å². The molecule has 2 aromatic rings. The van der Waals surface area contributed by atoms with Gasteiger partial charge in [0.25, 0.3) is 0 Å². The first-order chi connectivity index (χ1) is 13.5. The van der Waals surface area contributed by atoms with Crippen LogP contribution in [-0.4, -0.2) is 31.1 Å². The van der Waals surface area contributed by atoms with Gasteiger partial charge >= 0.3 is 6.03 Å². The largest absolute Gasteiger partial charge is 0.357 e. The highest BCUT2D eigenvalue weighted by Gasteiger charge is 2.07. The number of urea groups is 1. The lowest BCUT2D eigenvalue weighted by atomic mass is 10.1. The Morgan fingerprint density at radius 2 is 1.83 bits per heavy atom. The maximum atomic E-state index is 11.7. The highest BCUT2D eigenvalue weighted by Crippen LogP contribution is 2.17. The number of hydrogen-bond donors (Lipinski definition) is 4. The van der Waals surface area contributed by atoms with Gasteiger partial charge < -0.3 is 21.3 Å². The molecule has 2 amide bonds. The summed E-state index contributed by atoms with van der Waals surface area (Å²) in [5.74, 6) is 1.24. The predicted molar refractivity (Wildman–Crippen MR) is 135 cm³/mol. The minimum atomic E-state index is -0.195. The minimum Gasteiger partial charge on any atom is -0.357 e. The minimum absolute atomic E-state index is 0. The van der Waals surface area contributed by atoms with Gasteiger partial charge in [0.15, 0.2) is 5.96 Å². The van der Waals surface area contributed by atoms with E-state index in [1.807, 2.05) is 38.1 Å². The smallest absolute Gasteiger partial charge is 0.319 e. The Balaban J connectivity index is 0.00000420. The summed E-state index contributed by atoms with van der Waals surface area (Å²) in [6, 6.07) is 9.82. The van der Waals surface area contributed by atoms with E-state index in [9.17, 15) is 4.79 Å². The number of halogens is 1. The Hall–Kier alpha value is -1.81. The van der Waals surface area contributed by atoms with E-state index in [-0.39, 0.29) is 36.0 Å². The SMILES string of the molecule is CCNC(=NCc1ccc(NC(=O)NC(C)C)cc1)NCC(C)c1ccsc1.I. The molecule has 0 radical (unpaired) electrons. The van der Waals surface area contributed by atoms with Crippen molar-refractivity contribution in [3.63, 3.8) is 0 Å². The molecule has 1 aromatic heterocycles. The third-order valence-electron chi connectivity index (χ3n) is 4.08. The van der Waals surface area contributed by atoms with Gasteiger partial charge in [-0.15, -0.1) is 24.0 Å². The number of thiophene rings is 1. The molecule has 0 aliphatic heterocycles. The summed E-state index contributed by atoms with van der Waals surface area (Å²) < 4.78 is 0. The lowest BCUT2D eigenvalue weighted by Crippen LogP contribution is -2.39. The van der Waals surface area contributed by atoms with Gasteiger partial charge in [-0.25, -0.2) is 9.79 Å². The number of nitrogens with zero attached hydrogens (tertiary/aromatic N) is 1. The molecule has 1 atom stereocenters. The van der Waals surface area contributed by atoms with Crippen molar-refractivity contribution < 1.29 is 4.79 Å². The average Bonchev–Trinajstić information content (AvgIpc) is 3.19. The van der Waals surface area contributed by atoms with Crippen LogP contribution < -0.4 is 21.3 Å². The van der Waals surface area contributed by atoms with Gasteiger partial charge in [0.2, 0.25) is 0 Å². The number of rotatable bonds is 8. The van der Waals surface area contributed by atoms with Crippen LogP contribution in [-0.2, 0) is 6.54 Å². The number of anilines is 1. The summed E-state index contributed by atoms with van der Waals surface area (Å²) in [4.78, 5) is 16.4. The quantitative estimate of drug-likeness (QED) is 0.226. The fourth-order valence-electron chi connectivity index (χ4n) is 2.56. The Kier molecular flexibility index (Phi) is 11.7. The molecule has 6 nitrogen and oxygen atoms in total. The number of nitrogens with one attached hydrogen (secondary N) is 4. The first-order valence-corrected chi connectivity index (χ1v) is 10.6. The van der Waals surface area contributed by atoms with Crippen molar-refractivity contribution in [3.05, 3.63) is 52.2 Å². The molecule has 29 heavy (non-hydrogen) atoms. The number of carbonyl (C=O) groups is 1. The number of carbonyl (C=O) groups excluding carboxylic acids is 1. The molecule has 1 aromatic carbocycles. The van der Waals surface area contributed by atoms with Crippen molar-refractivity contribution in [2.24, 2.45) is 4.99 Å². The number of guanidine groups is 1. The summed E-state index contributed by atoms with van der Waals surface area (Å²) in [6.45, 7) is 10.3. The fraction of sp³-hybridized carbons (Fsp3) is 0.429. The summed E-state index contributed by atoms with van der Waals surface area (Å²) in [6.07, 6.45) is 0. The molecule has 0 spiro atoms. The maximum Gasteiger partial charge on any atom is 0.319 e. The standard InChI is InChI=1S/C21H31N5OS.HI/c1-5-22-20(23-12-16(4)18-10-11-28-14-18)24-13-17-6-8-19(9-7-17)26-21(27)25-15(2)3;/h6-11,14-16H,5,12-13H2,1-4H3,(H2,22,23,24)(H2,25,26,27);1H. The number of amides is 2. The highest BCUT2D eigenvalue weighted by molar-refractivity contribution is 14.0. The summed E-state index contributed by atoms with van der Waals surface area (Å²) in [5.41, 5.74) is 3.19. The lowest BCUT2D eigenvalue weighted by Gasteiger charge is -2.15. The Morgan fingerprint density at radius 3 is 2.41 bits per heavy atom. The van der Waals surface area contributed by atoms with Crippen LogP contribution >= 0.6 is 35.3 Å². The Morgan fingerprint density at radius 1 is 1.10 bits per heavy atom. The molecule has 1 unspecified atom stereocenters.